The summed E-state index contributed by atoms with van der Waals surface area (Å²) in [4.78, 5) is 0. The summed E-state index contributed by atoms with van der Waals surface area (Å²) in [5.74, 6) is 0. The minimum Gasteiger partial charge on any atom is -0.306 e. The molecule has 0 bridgehead atoms. The van der Waals surface area contributed by atoms with E-state index in [4.69, 9.17) is 5.41 Å². The van der Waals surface area contributed by atoms with Crippen molar-refractivity contribution < 1.29 is 13.2 Å². The van der Waals surface area contributed by atoms with Crippen LogP contribution in [0.5, 0.6) is 0 Å². The number of hydrogen-bond donors (Lipinski definition) is 1. The summed E-state index contributed by atoms with van der Waals surface area (Å²) in [5, 5.41) is 6.87. The van der Waals surface area contributed by atoms with Crippen LogP contribution in [0.2, 0.25) is 0 Å². The van der Waals surface area contributed by atoms with Gasteiger partial charge in [-0.15, -0.1) is 0 Å². The van der Waals surface area contributed by atoms with Crippen molar-refractivity contribution in [2.45, 2.75) is 20.0 Å². The van der Waals surface area contributed by atoms with Crippen LogP contribution in [0.25, 0.3) is 0 Å². The Kier molecular flexibility index (Phi) is 3.73. The van der Waals surface area contributed by atoms with E-state index in [9.17, 15) is 13.2 Å². The number of halogens is 3. The highest BCUT2D eigenvalue weighted by Crippen LogP contribution is 2.26. The lowest BCUT2D eigenvalue weighted by Gasteiger charge is -2.06. The smallest absolute Gasteiger partial charge is 0.306 e. The van der Waals surface area contributed by atoms with E-state index in [1.165, 1.54) is 19.9 Å². The van der Waals surface area contributed by atoms with Crippen LogP contribution >= 0.6 is 0 Å². The molecule has 0 unspecified atom stereocenters. The lowest BCUT2D eigenvalue weighted by molar-refractivity contribution is -0.0881. The zero-order valence-electron chi connectivity index (χ0n) is 6.87. The molecule has 0 aromatic rings. The molecule has 0 fully saturated rings. The van der Waals surface area contributed by atoms with Crippen LogP contribution in [0.1, 0.15) is 13.8 Å². The van der Waals surface area contributed by atoms with Gasteiger partial charge in [-0.3, -0.25) is 0 Å². The SMILES string of the molecule is C/C=C\C(=C/C(C)=N)C(F)(F)F. The monoisotopic (exact) mass is 177 g/mol. The van der Waals surface area contributed by atoms with E-state index < -0.39 is 11.7 Å². The summed E-state index contributed by atoms with van der Waals surface area (Å²) in [7, 11) is 0. The second kappa shape index (κ2) is 4.09. The minimum atomic E-state index is -4.37. The van der Waals surface area contributed by atoms with Crippen molar-refractivity contribution in [3.63, 3.8) is 0 Å². The van der Waals surface area contributed by atoms with E-state index >= 15 is 0 Å². The Labute approximate surface area is 69.1 Å². The van der Waals surface area contributed by atoms with Crippen molar-refractivity contribution in [1.29, 1.82) is 5.41 Å². The van der Waals surface area contributed by atoms with E-state index in [1.54, 1.807) is 0 Å². The van der Waals surface area contributed by atoms with Gasteiger partial charge in [0.2, 0.25) is 0 Å². The molecule has 0 saturated carbocycles. The fourth-order valence-electron chi connectivity index (χ4n) is 0.637. The van der Waals surface area contributed by atoms with Gasteiger partial charge in [0, 0.05) is 5.71 Å². The van der Waals surface area contributed by atoms with Gasteiger partial charge in [0.1, 0.15) is 0 Å². The number of allylic oxidation sites excluding steroid dienone is 4. The highest BCUT2D eigenvalue weighted by molar-refractivity contribution is 5.91. The quantitative estimate of drug-likeness (QED) is 0.495. The third kappa shape index (κ3) is 3.95. The van der Waals surface area contributed by atoms with E-state index in [0.717, 1.165) is 12.2 Å². The first-order valence-corrected chi connectivity index (χ1v) is 3.34. The lowest BCUT2D eigenvalue weighted by Crippen LogP contribution is -2.11. The molecule has 0 aromatic heterocycles. The predicted molar refractivity (Wildman–Crippen MR) is 42.4 cm³/mol. The molecule has 0 radical (unpaired) electrons. The first-order valence-electron chi connectivity index (χ1n) is 3.34. The first-order chi connectivity index (χ1) is 5.38. The second-order valence-corrected chi connectivity index (χ2v) is 2.28. The van der Waals surface area contributed by atoms with Gasteiger partial charge >= 0.3 is 6.18 Å². The Morgan fingerprint density at radius 1 is 1.33 bits per heavy atom. The third-order valence-corrected chi connectivity index (χ3v) is 1.05. The van der Waals surface area contributed by atoms with Crippen LogP contribution in [0.4, 0.5) is 13.2 Å². The molecule has 0 saturated heterocycles. The van der Waals surface area contributed by atoms with Gasteiger partial charge in [0.05, 0.1) is 5.57 Å². The fourth-order valence-corrected chi connectivity index (χ4v) is 0.637. The van der Waals surface area contributed by atoms with Crippen molar-refractivity contribution in [3.8, 4) is 0 Å². The molecule has 1 nitrogen and oxygen atoms in total. The Balaban J connectivity index is 4.80. The Morgan fingerprint density at radius 2 is 1.83 bits per heavy atom. The standard InChI is InChI=1S/C8H10F3N/c1-3-4-7(5-6(2)12)8(9,10)11/h3-5,12H,1-2H3/b4-3-,7-5+,12-6?. The predicted octanol–water partition coefficient (Wildman–Crippen LogP) is 3.09. The summed E-state index contributed by atoms with van der Waals surface area (Å²) >= 11 is 0. The van der Waals surface area contributed by atoms with Crippen LogP contribution in [0.15, 0.2) is 23.8 Å². The van der Waals surface area contributed by atoms with Gasteiger partial charge < -0.3 is 5.41 Å². The highest BCUT2D eigenvalue weighted by atomic mass is 19.4. The zero-order valence-corrected chi connectivity index (χ0v) is 6.87. The first kappa shape index (κ1) is 10.9. The molecule has 1 N–H and O–H groups in total. The summed E-state index contributed by atoms with van der Waals surface area (Å²) in [5.41, 5.74) is -0.905. The fraction of sp³-hybridized carbons (Fsp3) is 0.375. The maximum Gasteiger partial charge on any atom is 0.416 e. The molecular formula is C8H10F3N. The molecule has 0 heterocycles. The van der Waals surface area contributed by atoms with Crippen molar-refractivity contribution in [2.75, 3.05) is 0 Å². The number of alkyl halides is 3. The average molecular weight is 177 g/mol. The molecule has 0 aliphatic rings. The molecular weight excluding hydrogens is 167 g/mol. The molecule has 0 aliphatic heterocycles. The van der Waals surface area contributed by atoms with Crippen molar-refractivity contribution in [2.24, 2.45) is 0 Å². The molecule has 12 heavy (non-hydrogen) atoms. The zero-order chi connectivity index (χ0) is 9.78. The molecule has 0 aromatic carbocycles. The molecule has 0 aliphatic carbocycles. The van der Waals surface area contributed by atoms with Gasteiger partial charge in [-0.25, -0.2) is 0 Å². The Bertz CT molecular complexity index is 223. The number of rotatable bonds is 2. The maximum absolute atomic E-state index is 12.1. The van der Waals surface area contributed by atoms with Crippen molar-refractivity contribution in [3.05, 3.63) is 23.8 Å². The number of hydrogen-bond acceptors (Lipinski definition) is 1. The van der Waals surface area contributed by atoms with Gasteiger partial charge in [-0.1, -0.05) is 12.2 Å². The highest BCUT2D eigenvalue weighted by Gasteiger charge is 2.31. The van der Waals surface area contributed by atoms with E-state index in [-0.39, 0.29) is 5.71 Å². The third-order valence-electron chi connectivity index (χ3n) is 1.05. The Hall–Kier alpha value is -1.06. The molecule has 0 amide bonds. The molecule has 68 valence electrons. The van der Waals surface area contributed by atoms with Crippen molar-refractivity contribution >= 4 is 5.71 Å². The van der Waals surface area contributed by atoms with Crippen LogP contribution in [0.3, 0.4) is 0 Å². The lowest BCUT2D eigenvalue weighted by atomic mass is 10.2. The largest absolute Gasteiger partial charge is 0.416 e. The van der Waals surface area contributed by atoms with Crippen molar-refractivity contribution in [1.82, 2.24) is 0 Å². The molecule has 0 atom stereocenters. The summed E-state index contributed by atoms with van der Waals surface area (Å²) in [6.45, 7) is 2.80. The van der Waals surface area contributed by atoms with Gasteiger partial charge in [-0.2, -0.15) is 13.2 Å². The normalized spacial score (nSPS) is 13.9. The van der Waals surface area contributed by atoms with Crippen LogP contribution in [0, 0.1) is 5.41 Å². The molecule has 4 heteroatoms. The molecule has 0 rings (SSSR count). The van der Waals surface area contributed by atoms with E-state index in [2.05, 4.69) is 0 Å². The van der Waals surface area contributed by atoms with E-state index in [0.29, 0.717) is 0 Å². The Morgan fingerprint density at radius 3 is 2.08 bits per heavy atom. The minimum absolute atomic E-state index is 0.111. The van der Waals surface area contributed by atoms with Crippen LogP contribution in [-0.4, -0.2) is 11.9 Å². The summed E-state index contributed by atoms with van der Waals surface area (Å²) < 4.78 is 36.2. The molecule has 0 spiro atoms. The van der Waals surface area contributed by atoms with Gasteiger partial charge in [0.15, 0.2) is 0 Å². The topological polar surface area (TPSA) is 23.9 Å². The number of nitrogens with one attached hydrogen (secondary N) is 1. The summed E-state index contributed by atoms with van der Waals surface area (Å²) in [6.07, 6.45) is -1.34. The summed E-state index contributed by atoms with van der Waals surface area (Å²) in [6, 6.07) is 0. The van der Waals surface area contributed by atoms with Crippen LogP contribution < -0.4 is 0 Å². The van der Waals surface area contributed by atoms with Gasteiger partial charge in [0.25, 0.3) is 0 Å². The second-order valence-electron chi connectivity index (χ2n) is 2.28. The van der Waals surface area contributed by atoms with E-state index in [1.807, 2.05) is 0 Å². The average Bonchev–Trinajstić information content (AvgIpc) is 1.83. The van der Waals surface area contributed by atoms with Crippen LogP contribution in [-0.2, 0) is 0 Å². The maximum atomic E-state index is 12.1. The van der Waals surface area contributed by atoms with Gasteiger partial charge in [-0.05, 0) is 19.9 Å².